The van der Waals surface area contributed by atoms with Crippen molar-refractivity contribution in [2.75, 3.05) is 5.32 Å². The van der Waals surface area contributed by atoms with Crippen molar-refractivity contribution in [3.05, 3.63) is 64.5 Å². The third kappa shape index (κ3) is 2.24. The van der Waals surface area contributed by atoms with Crippen molar-refractivity contribution in [3.63, 3.8) is 0 Å². The molecule has 0 aliphatic heterocycles. The molecule has 0 saturated carbocycles. The van der Waals surface area contributed by atoms with Crippen LogP contribution in [0.25, 0.3) is 5.65 Å². The summed E-state index contributed by atoms with van der Waals surface area (Å²) in [6, 6.07) is 8.52. The molecule has 6 heteroatoms. The molecule has 0 fully saturated rings. The van der Waals surface area contributed by atoms with E-state index in [1.54, 1.807) is 47.1 Å². The number of pyridine rings is 1. The van der Waals surface area contributed by atoms with Crippen molar-refractivity contribution in [1.82, 2.24) is 9.38 Å². The Morgan fingerprint density at radius 1 is 1.10 bits per heavy atom. The predicted molar refractivity (Wildman–Crippen MR) is 79.6 cm³/mol. The summed E-state index contributed by atoms with van der Waals surface area (Å²) in [5.41, 5.74) is 1.43. The smallest absolute Gasteiger partial charge is 0.259 e. The minimum absolute atomic E-state index is 0.309. The van der Waals surface area contributed by atoms with E-state index < -0.39 is 0 Å². The van der Waals surface area contributed by atoms with Gasteiger partial charge in [0.1, 0.15) is 5.65 Å². The van der Waals surface area contributed by atoms with Gasteiger partial charge >= 0.3 is 0 Å². The molecule has 20 heavy (non-hydrogen) atoms. The Kier molecular flexibility index (Phi) is 3.34. The van der Waals surface area contributed by atoms with Crippen molar-refractivity contribution in [1.29, 1.82) is 0 Å². The standard InChI is InChI=1S/C14H9Cl2N3O/c15-10-4-1-5-11(16)12(10)18-14(20)9-3-2-7-19-8-6-17-13(9)19/h1-8H,(H,18,20). The zero-order chi connectivity index (χ0) is 14.1. The first-order chi connectivity index (χ1) is 9.66. The highest BCUT2D eigenvalue weighted by Crippen LogP contribution is 2.30. The average molecular weight is 306 g/mol. The topological polar surface area (TPSA) is 46.4 Å². The second-order valence-electron chi connectivity index (χ2n) is 4.13. The number of imidazole rings is 1. The Hall–Kier alpha value is -2.04. The van der Waals surface area contributed by atoms with Crippen LogP contribution < -0.4 is 5.32 Å². The summed E-state index contributed by atoms with van der Waals surface area (Å²) in [6.07, 6.45) is 5.23. The summed E-state index contributed by atoms with van der Waals surface area (Å²) in [6.45, 7) is 0. The van der Waals surface area contributed by atoms with Crippen LogP contribution in [0.3, 0.4) is 0 Å². The van der Waals surface area contributed by atoms with Crippen LogP contribution in [0.5, 0.6) is 0 Å². The SMILES string of the molecule is O=C(Nc1c(Cl)cccc1Cl)c1cccn2ccnc12. The van der Waals surface area contributed by atoms with Crippen LogP contribution >= 0.6 is 23.2 Å². The van der Waals surface area contributed by atoms with Crippen molar-refractivity contribution < 1.29 is 4.79 Å². The number of carbonyl (C=O) groups is 1. The van der Waals surface area contributed by atoms with Crippen LogP contribution in [0.1, 0.15) is 10.4 Å². The monoisotopic (exact) mass is 305 g/mol. The molecule has 2 heterocycles. The molecule has 3 rings (SSSR count). The van der Waals surface area contributed by atoms with Gasteiger partial charge in [0.25, 0.3) is 5.91 Å². The molecule has 4 nitrogen and oxygen atoms in total. The summed E-state index contributed by atoms with van der Waals surface area (Å²) in [4.78, 5) is 16.5. The fourth-order valence-corrected chi connectivity index (χ4v) is 2.42. The quantitative estimate of drug-likeness (QED) is 0.780. The molecule has 1 N–H and O–H groups in total. The van der Waals surface area contributed by atoms with Crippen molar-refractivity contribution in [2.24, 2.45) is 0 Å². The third-order valence-corrected chi connectivity index (χ3v) is 3.49. The van der Waals surface area contributed by atoms with E-state index in [9.17, 15) is 4.79 Å². The number of halogens is 2. The highest BCUT2D eigenvalue weighted by Gasteiger charge is 2.14. The van der Waals surface area contributed by atoms with Crippen LogP contribution in [0, 0.1) is 0 Å². The largest absolute Gasteiger partial charge is 0.319 e. The number of hydrogen-bond donors (Lipinski definition) is 1. The van der Waals surface area contributed by atoms with E-state index in [1.807, 2.05) is 6.20 Å². The average Bonchev–Trinajstić information content (AvgIpc) is 2.91. The van der Waals surface area contributed by atoms with Gasteiger partial charge in [0, 0.05) is 18.6 Å². The van der Waals surface area contributed by atoms with Crippen molar-refractivity contribution in [2.45, 2.75) is 0 Å². The van der Waals surface area contributed by atoms with Crippen LogP contribution in [0.15, 0.2) is 48.9 Å². The first kappa shape index (κ1) is 13.0. The Bertz CT molecular complexity index is 778. The van der Waals surface area contributed by atoms with Gasteiger partial charge in [-0.2, -0.15) is 0 Å². The molecule has 100 valence electrons. The molecular formula is C14H9Cl2N3O. The van der Waals surface area contributed by atoms with Gasteiger partial charge in [-0.15, -0.1) is 0 Å². The number of hydrogen-bond acceptors (Lipinski definition) is 2. The lowest BCUT2D eigenvalue weighted by Gasteiger charge is -2.09. The highest BCUT2D eigenvalue weighted by atomic mass is 35.5. The molecule has 1 amide bonds. The van der Waals surface area contributed by atoms with Gasteiger partial charge in [-0.3, -0.25) is 4.79 Å². The number of nitrogens with zero attached hydrogens (tertiary/aromatic N) is 2. The number of rotatable bonds is 2. The molecule has 2 aromatic heterocycles. The minimum Gasteiger partial charge on any atom is -0.319 e. The lowest BCUT2D eigenvalue weighted by atomic mass is 10.2. The normalized spacial score (nSPS) is 10.7. The van der Waals surface area contributed by atoms with Crippen LogP contribution in [0.2, 0.25) is 10.0 Å². The van der Waals surface area contributed by atoms with E-state index in [0.717, 1.165) is 0 Å². The summed E-state index contributed by atoms with van der Waals surface area (Å²) in [7, 11) is 0. The fraction of sp³-hybridized carbons (Fsp3) is 0. The van der Waals surface area contributed by atoms with Crippen LogP contribution in [-0.4, -0.2) is 15.3 Å². The second-order valence-corrected chi connectivity index (χ2v) is 4.95. The van der Waals surface area contributed by atoms with Gasteiger partial charge in [0.05, 0.1) is 21.3 Å². The number of nitrogens with one attached hydrogen (secondary N) is 1. The third-order valence-electron chi connectivity index (χ3n) is 2.87. The van der Waals surface area contributed by atoms with E-state index in [2.05, 4.69) is 10.3 Å². The molecule has 0 radical (unpaired) electrons. The number of para-hydroxylation sites is 1. The van der Waals surface area contributed by atoms with Gasteiger partial charge in [-0.25, -0.2) is 4.98 Å². The maximum atomic E-state index is 12.3. The number of benzene rings is 1. The van der Waals surface area contributed by atoms with E-state index in [4.69, 9.17) is 23.2 Å². The lowest BCUT2D eigenvalue weighted by molar-refractivity contribution is 0.102. The van der Waals surface area contributed by atoms with Crippen molar-refractivity contribution >= 4 is 40.4 Å². The van der Waals surface area contributed by atoms with Gasteiger partial charge in [-0.05, 0) is 24.3 Å². The predicted octanol–water partition coefficient (Wildman–Crippen LogP) is 3.89. The molecule has 3 aromatic rings. The van der Waals surface area contributed by atoms with Gasteiger partial charge in [-0.1, -0.05) is 29.3 Å². The molecule has 0 spiro atoms. The first-order valence-corrected chi connectivity index (χ1v) is 6.59. The highest BCUT2D eigenvalue weighted by molar-refractivity contribution is 6.40. The Balaban J connectivity index is 2.00. The molecular weight excluding hydrogens is 297 g/mol. The molecule has 0 saturated heterocycles. The molecule has 0 aliphatic carbocycles. The summed E-state index contributed by atoms with van der Waals surface area (Å²) < 4.78 is 1.77. The molecule has 0 bridgehead atoms. The minimum atomic E-state index is -0.309. The van der Waals surface area contributed by atoms with Crippen LogP contribution in [-0.2, 0) is 0 Å². The fourth-order valence-electron chi connectivity index (χ4n) is 1.92. The molecule has 0 atom stereocenters. The second kappa shape index (κ2) is 5.15. The number of amides is 1. The zero-order valence-electron chi connectivity index (χ0n) is 10.2. The lowest BCUT2D eigenvalue weighted by Crippen LogP contribution is -2.14. The Labute approximate surface area is 125 Å². The maximum Gasteiger partial charge on any atom is 0.259 e. The summed E-state index contributed by atoms with van der Waals surface area (Å²) in [5.74, 6) is -0.309. The zero-order valence-corrected chi connectivity index (χ0v) is 11.7. The van der Waals surface area contributed by atoms with E-state index in [-0.39, 0.29) is 5.91 Å². The van der Waals surface area contributed by atoms with E-state index in [1.165, 1.54) is 0 Å². The first-order valence-electron chi connectivity index (χ1n) is 5.84. The van der Waals surface area contributed by atoms with Crippen molar-refractivity contribution in [3.8, 4) is 0 Å². The summed E-state index contributed by atoms with van der Waals surface area (Å²) in [5, 5.41) is 3.50. The molecule has 1 aromatic carbocycles. The van der Waals surface area contributed by atoms with E-state index in [0.29, 0.717) is 26.9 Å². The van der Waals surface area contributed by atoms with E-state index >= 15 is 0 Å². The molecule has 0 unspecified atom stereocenters. The number of carbonyl (C=O) groups excluding carboxylic acids is 1. The van der Waals surface area contributed by atoms with Gasteiger partial charge in [0.15, 0.2) is 0 Å². The Morgan fingerprint density at radius 2 is 1.85 bits per heavy atom. The number of aromatic nitrogens is 2. The number of fused-ring (bicyclic) bond motifs is 1. The Morgan fingerprint density at radius 3 is 2.60 bits per heavy atom. The molecule has 0 aliphatic rings. The van der Waals surface area contributed by atoms with Gasteiger partial charge < -0.3 is 9.72 Å². The number of anilines is 1. The van der Waals surface area contributed by atoms with Gasteiger partial charge in [0.2, 0.25) is 0 Å². The summed E-state index contributed by atoms with van der Waals surface area (Å²) >= 11 is 12.1. The maximum absolute atomic E-state index is 12.3. The van der Waals surface area contributed by atoms with Crippen LogP contribution in [0.4, 0.5) is 5.69 Å².